The van der Waals surface area contributed by atoms with Crippen molar-refractivity contribution < 1.29 is 4.79 Å². The molecule has 128 valence electrons. The molecule has 1 aliphatic heterocycles. The Hall–Kier alpha value is -1.79. The molecule has 5 nitrogen and oxygen atoms in total. The summed E-state index contributed by atoms with van der Waals surface area (Å²) in [4.78, 5) is 17.9. The van der Waals surface area contributed by atoms with Crippen molar-refractivity contribution >= 4 is 17.4 Å². The average molecular weight is 344 g/mol. The molecule has 1 aromatic heterocycles. The minimum absolute atomic E-state index is 0.0819. The van der Waals surface area contributed by atoms with Gasteiger partial charge in [0, 0.05) is 25.7 Å². The molecule has 1 aromatic carbocycles. The van der Waals surface area contributed by atoms with Gasteiger partial charge in [-0.05, 0) is 42.9 Å². The lowest BCUT2D eigenvalue weighted by Crippen LogP contribution is -2.50. The number of rotatable bonds is 6. The standard InChI is InChI=1S/C18H24N4OS/c1-2-10-22(18(23)17-12-19-20-24-17)16-9-6-11-21(14-16)13-15-7-4-3-5-8-15/h3-5,7-8,12,16H,2,6,9-11,13-14H2,1H3/t16-/m0/s1. The molecule has 2 heterocycles. The zero-order chi connectivity index (χ0) is 16.8. The van der Waals surface area contributed by atoms with Crippen LogP contribution in [0.15, 0.2) is 36.5 Å². The topological polar surface area (TPSA) is 49.3 Å². The summed E-state index contributed by atoms with van der Waals surface area (Å²) in [6, 6.07) is 10.8. The summed E-state index contributed by atoms with van der Waals surface area (Å²) in [5.74, 6) is 0.0819. The van der Waals surface area contributed by atoms with Crippen molar-refractivity contribution in [2.24, 2.45) is 0 Å². The van der Waals surface area contributed by atoms with Gasteiger partial charge in [-0.3, -0.25) is 9.69 Å². The second kappa shape index (κ2) is 8.35. The third-order valence-electron chi connectivity index (χ3n) is 4.47. The first-order valence-corrected chi connectivity index (χ1v) is 9.40. The van der Waals surface area contributed by atoms with Gasteiger partial charge in [-0.15, -0.1) is 5.10 Å². The number of carbonyl (C=O) groups is 1. The lowest BCUT2D eigenvalue weighted by molar-refractivity contribution is 0.0539. The quantitative estimate of drug-likeness (QED) is 0.808. The molecular formula is C18H24N4OS. The van der Waals surface area contributed by atoms with E-state index >= 15 is 0 Å². The van der Waals surface area contributed by atoms with Gasteiger partial charge in [0.15, 0.2) is 0 Å². The highest BCUT2D eigenvalue weighted by Crippen LogP contribution is 2.21. The second-order valence-electron chi connectivity index (χ2n) is 6.30. The highest BCUT2D eigenvalue weighted by molar-refractivity contribution is 7.07. The number of benzene rings is 1. The van der Waals surface area contributed by atoms with Crippen molar-refractivity contribution in [2.45, 2.75) is 38.8 Å². The van der Waals surface area contributed by atoms with Crippen molar-refractivity contribution in [3.63, 3.8) is 0 Å². The first-order valence-electron chi connectivity index (χ1n) is 8.62. The van der Waals surface area contributed by atoms with Gasteiger partial charge in [-0.25, -0.2) is 0 Å². The molecule has 0 radical (unpaired) electrons. The summed E-state index contributed by atoms with van der Waals surface area (Å²) in [5.41, 5.74) is 1.33. The van der Waals surface area contributed by atoms with Crippen LogP contribution in [0.4, 0.5) is 0 Å². The molecule has 0 spiro atoms. The van der Waals surface area contributed by atoms with E-state index in [9.17, 15) is 4.79 Å². The summed E-state index contributed by atoms with van der Waals surface area (Å²) in [5, 5.41) is 3.81. The Kier molecular flexibility index (Phi) is 5.93. The molecule has 0 bridgehead atoms. The number of hydrogen-bond acceptors (Lipinski definition) is 5. The van der Waals surface area contributed by atoms with Gasteiger partial charge >= 0.3 is 0 Å². The Balaban J connectivity index is 1.67. The van der Waals surface area contributed by atoms with E-state index in [0.29, 0.717) is 4.88 Å². The van der Waals surface area contributed by atoms with Gasteiger partial charge < -0.3 is 4.90 Å². The molecule has 24 heavy (non-hydrogen) atoms. The van der Waals surface area contributed by atoms with Crippen molar-refractivity contribution in [1.29, 1.82) is 0 Å². The average Bonchev–Trinajstić information content (AvgIpc) is 3.15. The zero-order valence-corrected chi connectivity index (χ0v) is 14.9. The molecule has 0 saturated carbocycles. The van der Waals surface area contributed by atoms with Crippen LogP contribution in [0.5, 0.6) is 0 Å². The summed E-state index contributed by atoms with van der Waals surface area (Å²) < 4.78 is 3.84. The van der Waals surface area contributed by atoms with E-state index in [1.54, 1.807) is 6.20 Å². The van der Waals surface area contributed by atoms with Crippen molar-refractivity contribution in [2.75, 3.05) is 19.6 Å². The number of hydrogen-bond donors (Lipinski definition) is 0. The van der Waals surface area contributed by atoms with Crippen LogP contribution in [0, 0.1) is 0 Å². The SMILES string of the molecule is CCCN(C(=O)c1cnns1)[C@H]1CCCN(Cc2ccccc2)C1. The van der Waals surface area contributed by atoms with Gasteiger partial charge in [0.1, 0.15) is 4.88 Å². The van der Waals surface area contributed by atoms with E-state index in [1.165, 1.54) is 17.1 Å². The Morgan fingerprint density at radius 1 is 1.38 bits per heavy atom. The molecule has 1 saturated heterocycles. The van der Waals surface area contributed by atoms with Crippen LogP contribution in [0.2, 0.25) is 0 Å². The Morgan fingerprint density at radius 3 is 2.92 bits per heavy atom. The predicted octanol–water partition coefficient (Wildman–Crippen LogP) is 3.05. The molecule has 0 aliphatic carbocycles. The van der Waals surface area contributed by atoms with Crippen LogP contribution in [0.3, 0.4) is 0 Å². The summed E-state index contributed by atoms with van der Waals surface area (Å²) in [6.07, 6.45) is 4.75. The van der Waals surface area contributed by atoms with Gasteiger partial charge in [0.2, 0.25) is 0 Å². The predicted molar refractivity (Wildman–Crippen MR) is 96.0 cm³/mol. The highest BCUT2D eigenvalue weighted by atomic mass is 32.1. The molecule has 1 aliphatic rings. The van der Waals surface area contributed by atoms with Crippen LogP contribution in [0.25, 0.3) is 0 Å². The molecular weight excluding hydrogens is 320 g/mol. The monoisotopic (exact) mass is 344 g/mol. The van der Waals surface area contributed by atoms with Gasteiger partial charge in [-0.1, -0.05) is 41.7 Å². The van der Waals surface area contributed by atoms with Crippen LogP contribution in [-0.4, -0.2) is 51.0 Å². The number of piperidine rings is 1. The van der Waals surface area contributed by atoms with Gasteiger partial charge in [0.25, 0.3) is 5.91 Å². The first kappa shape index (κ1) is 17.0. The lowest BCUT2D eigenvalue weighted by Gasteiger charge is -2.39. The molecule has 3 rings (SSSR count). The Bertz CT molecular complexity index is 632. The molecule has 2 aromatic rings. The third-order valence-corrected chi connectivity index (χ3v) is 5.12. The maximum atomic E-state index is 12.8. The fraction of sp³-hybridized carbons (Fsp3) is 0.500. The van der Waals surface area contributed by atoms with Gasteiger partial charge in [-0.2, -0.15) is 0 Å². The maximum absolute atomic E-state index is 12.8. The number of nitrogens with zero attached hydrogens (tertiary/aromatic N) is 4. The highest BCUT2D eigenvalue weighted by Gasteiger charge is 2.29. The number of amides is 1. The van der Waals surface area contributed by atoms with Crippen molar-refractivity contribution in [3.8, 4) is 0 Å². The molecule has 1 fully saturated rings. The summed E-state index contributed by atoms with van der Waals surface area (Å²) in [7, 11) is 0. The first-order chi connectivity index (χ1) is 11.8. The zero-order valence-electron chi connectivity index (χ0n) is 14.1. The van der Waals surface area contributed by atoms with E-state index in [2.05, 4.69) is 45.7 Å². The maximum Gasteiger partial charge on any atom is 0.267 e. The minimum Gasteiger partial charge on any atom is -0.334 e. The van der Waals surface area contributed by atoms with E-state index in [0.717, 1.165) is 45.4 Å². The molecule has 1 amide bonds. The largest absolute Gasteiger partial charge is 0.334 e. The van der Waals surface area contributed by atoms with Crippen molar-refractivity contribution in [1.82, 2.24) is 19.4 Å². The van der Waals surface area contributed by atoms with E-state index in [1.807, 2.05) is 11.0 Å². The third kappa shape index (κ3) is 4.19. The lowest BCUT2D eigenvalue weighted by atomic mass is 10.0. The smallest absolute Gasteiger partial charge is 0.267 e. The molecule has 0 unspecified atom stereocenters. The van der Waals surface area contributed by atoms with Crippen LogP contribution in [0.1, 0.15) is 41.4 Å². The Morgan fingerprint density at radius 2 is 2.21 bits per heavy atom. The number of carbonyl (C=O) groups excluding carboxylic acids is 1. The summed E-state index contributed by atoms with van der Waals surface area (Å²) >= 11 is 1.19. The van der Waals surface area contributed by atoms with Crippen LogP contribution in [-0.2, 0) is 6.54 Å². The number of aromatic nitrogens is 2. The van der Waals surface area contributed by atoms with E-state index in [-0.39, 0.29) is 11.9 Å². The molecule has 1 atom stereocenters. The number of likely N-dealkylation sites (tertiary alicyclic amines) is 1. The minimum atomic E-state index is 0.0819. The van der Waals surface area contributed by atoms with E-state index in [4.69, 9.17) is 0 Å². The fourth-order valence-electron chi connectivity index (χ4n) is 3.36. The van der Waals surface area contributed by atoms with Crippen LogP contribution < -0.4 is 0 Å². The Labute approximate surface area is 147 Å². The van der Waals surface area contributed by atoms with Crippen LogP contribution >= 0.6 is 11.5 Å². The summed E-state index contributed by atoms with van der Waals surface area (Å²) in [6.45, 7) is 5.90. The fourth-order valence-corrected chi connectivity index (χ4v) is 3.84. The van der Waals surface area contributed by atoms with Gasteiger partial charge in [0.05, 0.1) is 6.20 Å². The molecule has 0 N–H and O–H groups in total. The van der Waals surface area contributed by atoms with Crippen molar-refractivity contribution in [3.05, 3.63) is 47.0 Å². The normalized spacial score (nSPS) is 18.5. The second-order valence-corrected chi connectivity index (χ2v) is 7.08. The van der Waals surface area contributed by atoms with E-state index < -0.39 is 0 Å². The molecule has 6 heteroatoms.